The van der Waals surface area contributed by atoms with Crippen molar-refractivity contribution in [2.45, 2.75) is 26.8 Å². The van der Waals surface area contributed by atoms with E-state index in [4.69, 9.17) is 14.2 Å². The van der Waals surface area contributed by atoms with E-state index in [1.54, 1.807) is 36.1 Å². The lowest BCUT2D eigenvalue weighted by molar-refractivity contribution is -0.129. The number of esters is 1. The highest BCUT2D eigenvalue weighted by Crippen LogP contribution is 2.37. The number of carbonyl (C=O) groups excluding carboxylic acids is 3. The number of ether oxygens (including phenoxy) is 3. The molecule has 0 atom stereocenters. The maximum Gasteiger partial charge on any atom is 0.341 e. The molecule has 8 nitrogen and oxygen atoms in total. The number of hydrogen-bond donors (Lipinski definition) is 1. The highest BCUT2D eigenvalue weighted by Gasteiger charge is 2.30. The lowest BCUT2D eigenvalue weighted by atomic mass is 10.0. The number of methoxy groups -OCH3 is 1. The van der Waals surface area contributed by atoms with Crippen LogP contribution in [0.4, 0.5) is 5.00 Å². The highest BCUT2D eigenvalue weighted by atomic mass is 32.1. The summed E-state index contributed by atoms with van der Waals surface area (Å²) in [6.45, 7) is 4.17. The molecule has 0 fully saturated rings. The number of anilines is 1. The van der Waals surface area contributed by atoms with Gasteiger partial charge < -0.3 is 24.4 Å². The van der Waals surface area contributed by atoms with E-state index in [1.165, 1.54) is 25.4 Å². The second kappa shape index (κ2) is 9.62. The van der Waals surface area contributed by atoms with Crippen molar-refractivity contribution in [2.75, 3.05) is 32.2 Å². The van der Waals surface area contributed by atoms with Crippen LogP contribution in [0.3, 0.4) is 0 Å². The molecule has 0 aliphatic carbocycles. The van der Waals surface area contributed by atoms with Crippen LogP contribution in [0.2, 0.25) is 0 Å². The van der Waals surface area contributed by atoms with Gasteiger partial charge in [-0.3, -0.25) is 9.59 Å². The van der Waals surface area contributed by atoms with Gasteiger partial charge in [0.2, 0.25) is 5.91 Å². The third-order valence-corrected chi connectivity index (χ3v) is 5.79. The Hall–Kier alpha value is -3.07. The van der Waals surface area contributed by atoms with Gasteiger partial charge in [0.25, 0.3) is 5.91 Å². The van der Waals surface area contributed by atoms with Crippen molar-refractivity contribution in [1.29, 1.82) is 0 Å². The summed E-state index contributed by atoms with van der Waals surface area (Å²) in [7, 11) is 1.52. The fraction of sp³-hybridized carbons (Fsp3) is 0.381. The largest absolute Gasteiger partial charge is 0.493 e. The smallest absolute Gasteiger partial charge is 0.341 e. The molecule has 0 unspecified atom stereocenters. The molecule has 1 N–H and O–H groups in total. The zero-order chi connectivity index (χ0) is 21.7. The fourth-order valence-corrected chi connectivity index (χ4v) is 4.49. The van der Waals surface area contributed by atoms with Gasteiger partial charge in [0.1, 0.15) is 5.00 Å². The van der Waals surface area contributed by atoms with E-state index in [9.17, 15) is 14.4 Å². The van der Waals surface area contributed by atoms with Gasteiger partial charge in [-0.25, -0.2) is 4.79 Å². The number of hydrogen-bond acceptors (Lipinski definition) is 7. The second-order valence-corrected chi connectivity index (χ2v) is 7.71. The second-order valence-electron chi connectivity index (χ2n) is 6.61. The van der Waals surface area contributed by atoms with E-state index < -0.39 is 11.9 Å². The van der Waals surface area contributed by atoms with Crippen molar-refractivity contribution in [1.82, 2.24) is 4.90 Å². The maximum absolute atomic E-state index is 12.6. The third-order valence-electron chi connectivity index (χ3n) is 4.66. The Morgan fingerprint density at radius 1 is 1.20 bits per heavy atom. The van der Waals surface area contributed by atoms with Crippen LogP contribution >= 0.6 is 11.3 Å². The Labute approximate surface area is 178 Å². The minimum Gasteiger partial charge on any atom is -0.493 e. The number of nitrogens with zero attached hydrogens (tertiary/aromatic N) is 1. The molecule has 30 heavy (non-hydrogen) atoms. The normalized spacial score (nSPS) is 12.7. The van der Waals surface area contributed by atoms with Crippen molar-refractivity contribution in [3.63, 3.8) is 0 Å². The zero-order valence-corrected chi connectivity index (χ0v) is 18.0. The lowest BCUT2D eigenvalue weighted by Gasteiger charge is -2.25. The summed E-state index contributed by atoms with van der Waals surface area (Å²) in [4.78, 5) is 39.4. The molecule has 2 heterocycles. The molecule has 3 rings (SSSR count). The first kappa shape index (κ1) is 21.6. The van der Waals surface area contributed by atoms with Crippen LogP contribution in [-0.2, 0) is 27.3 Å². The average molecular weight is 432 g/mol. The summed E-state index contributed by atoms with van der Waals surface area (Å²) >= 11 is 1.29. The Balaban J connectivity index is 1.78. The van der Waals surface area contributed by atoms with Gasteiger partial charge in [-0.05, 0) is 31.0 Å². The van der Waals surface area contributed by atoms with E-state index in [0.29, 0.717) is 41.6 Å². The molecule has 160 valence electrons. The summed E-state index contributed by atoms with van der Waals surface area (Å²) in [5.41, 5.74) is 1.20. The summed E-state index contributed by atoms with van der Waals surface area (Å²) in [5, 5.41) is 3.18. The Bertz CT molecular complexity index is 955. The summed E-state index contributed by atoms with van der Waals surface area (Å²) in [5.74, 6) is 0.0555. The molecule has 1 aliphatic rings. The molecule has 2 aromatic rings. The Morgan fingerprint density at radius 2 is 1.93 bits per heavy atom. The first-order valence-corrected chi connectivity index (χ1v) is 10.4. The molecule has 1 aromatic carbocycles. The SMILES string of the molecule is CCOC(=O)c1c(NC(=O)COc2ccccc2OC)sc2c1CCN(C(C)=O)C2. The van der Waals surface area contributed by atoms with E-state index in [0.717, 1.165) is 10.4 Å². The lowest BCUT2D eigenvalue weighted by Crippen LogP contribution is -2.34. The van der Waals surface area contributed by atoms with Crippen molar-refractivity contribution in [3.05, 3.63) is 40.3 Å². The average Bonchev–Trinajstić information content (AvgIpc) is 3.09. The third kappa shape index (κ3) is 4.73. The van der Waals surface area contributed by atoms with Gasteiger partial charge in [-0.1, -0.05) is 12.1 Å². The predicted molar refractivity (Wildman–Crippen MR) is 112 cm³/mol. The number of fused-ring (bicyclic) bond motifs is 1. The zero-order valence-electron chi connectivity index (χ0n) is 17.1. The molecule has 1 aromatic heterocycles. The first-order valence-electron chi connectivity index (χ1n) is 9.57. The number of amides is 2. The van der Waals surface area contributed by atoms with Gasteiger partial charge in [0, 0.05) is 18.3 Å². The van der Waals surface area contributed by atoms with Crippen molar-refractivity contribution < 1.29 is 28.6 Å². The standard InChI is InChI=1S/C21H24N2O6S/c1-4-28-21(26)19-14-9-10-23(13(2)24)11-17(14)30-20(19)22-18(25)12-29-16-8-6-5-7-15(16)27-3/h5-8H,4,9-12H2,1-3H3,(H,22,25). The van der Waals surface area contributed by atoms with Crippen molar-refractivity contribution in [3.8, 4) is 11.5 Å². The monoisotopic (exact) mass is 432 g/mol. The number of carbonyl (C=O) groups is 3. The topological polar surface area (TPSA) is 94.2 Å². The first-order chi connectivity index (χ1) is 14.4. The molecular formula is C21H24N2O6S. The van der Waals surface area contributed by atoms with Crippen molar-refractivity contribution >= 4 is 34.1 Å². The van der Waals surface area contributed by atoms with Crippen molar-refractivity contribution in [2.24, 2.45) is 0 Å². The van der Waals surface area contributed by atoms with Crippen LogP contribution < -0.4 is 14.8 Å². The molecular weight excluding hydrogens is 408 g/mol. The molecule has 1 aliphatic heterocycles. The number of nitrogens with one attached hydrogen (secondary N) is 1. The predicted octanol–water partition coefficient (Wildman–Crippen LogP) is 2.86. The molecule has 0 bridgehead atoms. The molecule has 0 radical (unpaired) electrons. The quantitative estimate of drug-likeness (QED) is 0.676. The van der Waals surface area contributed by atoms with E-state index in [1.807, 2.05) is 0 Å². The van der Waals surface area contributed by atoms with Crippen LogP contribution in [0.5, 0.6) is 11.5 Å². The minimum atomic E-state index is -0.479. The van der Waals surface area contributed by atoms with Gasteiger partial charge in [0.05, 0.1) is 25.8 Å². The molecule has 0 saturated carbocycles. The highest BCUT2D eigenvalue weighted by molar-refractivity contribution is 7.17. The maximum atomic E-state index is 12.6. The van der Waals surface area contributed by atoms with Gasteiger partial charge in [0.15, 0.2) is 18.1 Å². The van der Waals surface area contributed by atoms with Gasteiger partial charge in [-0.2, -0.15) is 0 Å². The van der Waals surface area contributed by atoms with Crippen LogP contribution in [0, 0.1) is 0 Å². The summed E-state index contributed by atoms with van der Waals surface area (Å²) in [6, 6.07) is 7.02. The number of benzene rings is 1. The molecule has 9 heteroatoms. The van der Waals surface area contributed by atoms with Gasteiger partial charge in [-0.15, -0.1) is 11.3 Å². The van der Waals surface area contributed by atoms with E-state index in [-0.39, 0.29) is 19.1 Å². The van der Waals surface area contributed by atoms with E-state index in [2.05, 4.69) is 5.32 Å². The summed E-state index contributed by atoms with van der Waals surface area (Å²) < 4.78 is 16.0. The fourth-order valence-electron chi connectivity index (χ4n) is 3.22. The van der Waals surface area contributed by atoms with Crippen LogP contribution in [0.1, 0.15) is 34.6 Å². The van der Waals surface area contributed by atoms with Crippen LogP contribution in [-0.4, -0.2) is 49.6 Å². The molecule has 2 amide bonds. The number of rotatable bonds is 7. The Kier molecular flexibility index (Phi) is 6.94. The van der Waals surface area contributed by atoms with Gasteiger partial charge >= 0.3 is 5.97 Å². The van der Waals surface area contributed by atoms with Crippen LogP contribution in [0.25, 0.3) is 0 Å². The van der Waals surface area contributed by atoms with E-state index >= 15 is 0 Å². The minimum absolute atomic E-state index is 0.0254. The molecule has 0 saturated heterocycles. The van der Waals surface area contributed by atoms with Crippen LogP contribution in [0.15, 0.2) is 24.3 Å². The number of para-hydroxylation sites is 2. The molecule has 0 spiro atoms. The number of thiophene rings is 1. The Morgan fingerprint density at radius 3 is 2.60 bits per heavy atom. The summed E-state index contributed by atoms with van der Waals surface area (Å²) in [6.07, 6.45) is 0.535.